The molecule has 98 valence electrons. The number of nitrogens with zero attached hydrogens (tertiary/aromatic N) is 2. The minimum absolute atomic E-state index is 0.212. The summed E-state index contributed by atoms with van der Waals surface area (Å²) in [6.45, 7) is 0. The van der Waals surface area contributed by atoms with Crippen LogP contribution >= 0.6 is 0 Å². The van der Waals surface area contributed by atoms with E-state index in [1.165, 1.54) is 32.1 Å². The molecular weight excluding hydrogens is 232 g/mol. The Hall–Kier alpha value is -1.39. The summed E-state index contributed by atoms with van der Waals surface area (Å²) in [5.74, 6) is 1.11. The van der Waals surface area contributed by atoms with Crippen LogP contribution in [0.1, 0.15) is 67.4 Å². The van der Waals surface area contributed by atoms with Crippen molar-refractivity contribution in [3.63, 3.8) is 0 Å². The molecule has 0 amide bonds. The highest BCUT2D eigenvalue weighted by molar-refractivity contribution is 5.82. The van der Waals surface area contributed by atoms with Crippen molar-refractivity contribution in [2.75, 3.05) is 0 Å². The Morgan fingerprint density at radius 1 is 1.17 bits per heavy atom. The Morgan fingerprint density at radius 2 is 1.94 bits per heavy atom. The average molecular weight is 250 g/mol. The lowest BCUT2D eigenvalue weighted by Crippen LogP contribution is -2.27. The summed E-state index contributed by atoms with van der Waals surface area (Å²) >= 11 is 0. The van der Waals surface area contributed by atoms with Crippen molar-refractivity contribution in [1.82, 2.24) is 10.1 Å². The second-order valence-corrected chi connectivity index (χ2v) is 5.58. The van der Waals surface area contributed by atoms with Crippen LogP contribution in [-0.4, -0.2) is 21.2 Å². The first kappa shape index (κ1) is 11.7. The molecule has 3 rings (SSSR count). The SMILES string of the molecule is O=C(O)c1noc(C2CCC3CCCCC3C2)n1. The number of rotatable bonds is 2. The second kappa shape index (κ2) is 4.71. The predicted octanol–water partition coefficient (Wildman–Crippen LogP) is 2.84. The Bertz CT molecular complexity index is 443. The number of hydrogen-bond acceptors (Lipinski definition) is 4. The molecule has 0 radical (unpaired) electrons. The third-order valence-corrected chi connectivity index (χ3v) is 4.52. The minimum Gasteiger partial charge on any atom is -0.475 e. The number of hydrogen-bond donors (Lipinski definition) is 1. The van der Waals surface area contributed by atoms with Gasteiger partial charge in [0.15, 0.2) is 0 Å². The fourth-order valence-corrected chi connectivity index (χ4v) is 3.59. The van der Waals surface area contributed by atoms with Gasteiger partial charge in [-0.1, -0.05) is 25.7 Å². The lowest BCUT2D eigenvalue weighted by molar-refractivity contribution is 0.0680. The zero-order valence-electron chi connectivity index (χ0n) is 10.3. The quantitative estimate of drug-likeness (QED) is 0.873. The molecule has 0 aromatic carbocycles. The molecule has 2 saturated carbocycles. The largest absolute Gasteiger partial charge is 0.475 e. The molecule has 3 unspecified atom stereocenters. The van der Waals surface area contributed by atoms with Crippen LogP contribution in [0.2, 0.25) is 0 Å². The Balaban J connectivity index is 1.71. The Morgan fingerprint density at radius 3 is 2.67 bits per heavy atom. The summed E-state index contributed by atoms with van der Waals surface area (Å²) in [7, 11) is 0. The second-order valence-electron chi connectivity index (χ2n) is 5.58. The zero-order valence-corrected chi connectivity index (χ0v) is 10.3. The van der Waals surface area contributed by atoms with Crippen molar-refractivity contribution >= 4 is 5.97 Å². The molecule has 3 atom stereocenters. The van der Waals surface area contributed by atoms with Crippen LogP contribution in [0.25, 0.3) is 0 Å². The third-order valence-electron chi connectivity index (χ3n) is 4.52. The van der Waals surface area contributed by atoms with Crippen molar-refractivity contribution in [2.45, 2.75) is 50.9 Å². The minimum atomic E-state index is -1.11. The molecule has 2 fully saturated rings. The lowest BCUT2D eigenvalue weighted by Gasteiger charge is -2.38. The molecule has 18 heavy (non-hydrogen) atoms. The van der Waals surface area contributed by atoms with E-state index in [0.29, 0.717) is 5.89 Å². The molecule has 2 aliphatic rings. The highest BCUT2D eigenvalue weighted by Gasteiger charge is 2.35. The molecule has 0 saturated heterocycles. The molecule has 1 aromatic rings. The number of aromatic nitrogens is 2. The predicted molar refractivity (Wildman–Crippen MR) is 63.3 cm³/mol. The molecule has 0 spiro atoms. The van der Waals surface area contributed by atoms with Crippen LogP contribution < -0.4 is 0 Å². The lowest BCUT2D eigenvalue weighted by atomic mass is 9.67. The number of aromatic carboxylic acids is 1. The topological polar surface area (TPSA) is 76.2 Å². The fraction of sp³-hybridized carbons (Fsp3) is 0.769. The number of carboxylic acid groups (broad SMARTS) is 1. The third kappa shape index (κ3) is 2.13. The Kier molecular flexibility index (Phi) is 3.06. The molecule has 0 bridgehead atoms. The van der Waals surface area contributed by atoms with Gasteiger partial charge in [-0.05, 0) is 36.3 Å². The van der Waals surface area contributed by atoms with Crippen LogP contribution in [0.15, 0.2) is 4.52 Å². The first-order valence-corrected chi connectivity index (χ1v) is 6.81. The van der Waals surface area contributed by atoms with Crippen molar-refractivity contribution in [3.8, 4) is 0 Å². The monoisotopic (exact) mass is 250 g/mol. The highest BCUT2D eigenvalue weighted by Crippen LogP contribution is 2.45. The standard InChI is InChI=1S/C13H18N2O3/c16-13(17)11-14-12(18-15-11)10-6-5-8-3-1-2-4-9(8)7-10/h8-10H,1-7H2,(H,16,17). The first-order valence-electron chi connectivity index (χ1n) is 6.81. The average Bonchev–Trinajstić information content (AvgIpc) is 2.88. The summed E-state index contributed by atoms with van der Waals surface area (Å²) in [6, 6.07) is 0. The van der Waals surface area contributed by atoms with Gasteiger partial charge in [0.1, 0.15) is 0 Å². The van der Waals surface area contributed by atoms with Gasteiger partial charge in [0.25, 0.3) is 5.82 Å². The number of fused-ring (bicyclic) bond motifs is 1. The van der Waals surface area contributed by atoms with Gasteiger partial charge < -0.3 is 9.63 Å². The summed E-state index contributed by atoms with van der Waals surface area (Å²) in [5, 5.41) is 12.3. The normalized spacial score (nSPS) is 31.9. The number of carboxylic acids is 1. The van der Waals surface area contributed by atoms with E-state index in [9.17, 15) is 4.79 Å². The smallest absolute Gasteiger partial charge is 0.377 e. The summed E-state index contributed by atoms with van der Waals surface area (Å²) < 4.78 is 5.10. The maximum atomic E-state index is 10.7. The number of carbonyl (C=O) groups is 1. The van der Waals surface area contributed by atoms with E-state index >= 15 is 0 Å². The molecule has 2 aliphatic carbocycles. The van der Waals surface area contributed by atoms with Gasteiger partial charge in [-0.2, -0.15) is 4.98 Å². The summed E-state index contributed by atoms with van der Waals surface area (Å²) in [4.78, 5) is 14.7. The summed E-state index contributed by atoms with van der Waals surface area (Å²) in [5.41, 5.74) is 0. The van der Waals surface area contributed by atoms with Crippen LogP contribution in [-0.2, 0) is 0 Å². The van der Waals surface area contributed by atoms with Crippen molar-refractivity contribution in [3.05, 3.63) is 11.7 Å². The van der Waals surface area contributed by atoms with Crippen molar-refractivity contribution < 1.29 is 14.4 Å². The highest BCUT2D eigenvalue weighted by atomic mass is 16.5. The van der Waals surface area contributed by atoms with Crippen molar-refractivity contribution in [1.29, 1.82) is 0 Å². The Labute approximate surface area is 106 Å². The molecule has 1 aromatic heterocycles. The first-order chi connectivity index (χ1) is 8.74. The van der Waals surface area contributed by atoms with Gasteiger partial charge in [0.2, 0.25) is 5.89 Å². The molecule has 5 heteroatoms. The molecule has 1 heterocycles. The van der Waals surface area contributed by atoms with E-state index in [-0.39, 0.29) is 11.7 Å². The van der Waals surface area contributed by atoms with Crippen molar-refractivity contribution in [2.24, 2.45) is 11.8 Å². The van der Waals surface area contributed by atoms with E-state index in [1.807, 2.05) is 0 Å². The molecular formula is C13H18N2O3. The molecule has 1 N–H and O–H groups in total. The van der Waals surface area contributed by atoms with E-state index < -0.39 is 5.97 Å². The summed E-state index contributed by atoms with van der Waals surface area (Å²) in [6.07, 6.45) is 8.74. The van der Waals surface area contributed by atoms with Gasteiger partial charge in [0, 0.05) is 5.92 Å². The zero-order chi connectivity index (χ0) is 12.5. The van der Waals surface area contributed by atoms with Gasteiger partial charge in [-0.25, -0.2) is 4.79 Å². The van der Waals surface area contributed by atoms with Crippen LogP contribution in [0.4, 0.5) is 0 Å². The van der Waals surface area contributed by atoms with E-state index in [1.54, 1.807) is 0 Å². The van der Waals surface area contributed by atoms with Crippen LogP contribution in [0.5, 0.6) is 0 Å². The van der Waals surface area contributed by atoms with E-state index in [4.69, 9.17) is 9.63 Å². The van der Waals surface area contributed by atoms with E-state index in [0.717, 1.165) is 24.7 Å². The maximum absolute atomic E-state index is 10.7. The fourth-order valence-electron chi connectivity index (χ4n) is 3.59. The van der Waals surface area contributed by atoms with Gasteiger partial charge in [-0.15, -0.1) is 0 Å². The van der Waals surface area contributed by atoms with Crippen LogP contribution in [0.3, 0.4) is 0 Å². The van der Waals surface area contributed by atoms with Gasteiger partial charge >= 0.3 is 5.97 Å². The molecule has 0 aliphatic heterocycles. The van der Waals surface area contributed by atoms with Gasteiger partial charge in [0.05, 0.1) is 0 Å². The maximum Gasteiger partial charge on any atom is 0.377 e. The van der Waals surface area contributed by atoms with Crippen LogP contribution in [0, 0.1) is 11.8 Å². The molecule has 5 nitrogen and oxygen atoms in total. The van der Waals surface area contributed by atoms with Gasteiger partial charge in [-0.3, -0.25) is 0 Å². The van der Waals surface area contributed by atoms with E-state index in [2.05, 4.69) is 10.1 Å².